The van der Waals surface area contributed by atoms with Gasteiger partial charge in [0.15, 0.2) is 5.82 Å². The molecule has 0 radical (unpaired) electrons. The molecule has 0 spiro atoms. The quantitative estimate of drug-likeness (QED) is 0.136. The summed E-state index contributed by atoms with van der Waals surface area (Å²) in [6.07, 6.45) is 2.62. The smallest absolute Gasteiger partial charge is 0.281 e. The third-order valence-electron chi connectivity index (χ3n) is 12.6. The maximum atomic E-state index is 14.0. The fourth-order valence-electron chi connectivity index (χ4n) is 8.80. The monoisotopic (exact) mass is 916 g/mol. The molecule has 2 aromatic heterocycles. The highest BCUT2D eigenvalue weighted by molar-refractivity contribution is 6.23. The second-order valence-corrected chi connectivity index (χ2v) is 16.8. The third kappa shape index (κ3) is 10.6. The van der Waals surface area contributed by atoms with Crippen LogP contribution in [0.15, 0.2) is 24.4 Å². The number of hydrogen-bond donors (Lipinski definition) is 3. The first-order chi connectivity index (χ1) is 31.9. The molecule has 8 rings (SSSR count). The highest BCUT2D eigenvalue weighted by atomic mass is 19.3. The minimum absolute atomic E-state index is 0.00391. The van der Waals surface area contributed by atoms with E-state index in [2.05, 4.69) is 40.5 Å². The van der Waals surface area contributed by atoms with Crippen molar-refractivity contribution < 1.29 is 42.3 Å². The highest BCUT2D eigenvalue weighted by Gasteiger charge is 2.44. The number of nitrogens with two attached hydrogens (primary N) is 1. The van der Waals surface area contributed by atoms with Gasteiger partial charge in [-0.2, -0.15) is 15.0 Å². The molecule has 3 aromatic rings. The summed E-state index contributed by atoms with van der Waals surface area (Å²) in [5, 5.41) is 5.53. The van der Waals surface area contributed by atoms with E-state index in [1.165, 1.54) is 6.20 Å². The van der Waals surface area contributed by atoms with Crippen molar-refractivity contribution in [2.75, 3.05) is 113 Å². The van der Waals surface area contributed by atoms with Gasteiger partial charge in [0, 0.05) is 103 Å². The molecular formula is C43H54F2N14O7. The maximum Gasteiger partial charge on any atom is 0.281 e. The molecule has 1 unspecified atom stereocenters. The van der Waals surface area contributed by atoms with Gasteiger partial charge in [-0.3, -0.25) is 43.9 Å². The van der Waals surface area contributed by atoms with Gasteiger partial charge in [0.1, 0.15) is 11.7 Å². The predicted molar refractivity (Wildman–Crippen MR) is 234 cm³/mol. The van der Waals surface area contributed by atoms with E-state index >= 15 is 0 Å². The molecule has 4 N–H and O–H groups in total. The summed E-state index contributed by atoms with van der Waals surface area (Å²) in [6.45, 7) is 7.84. The Hall–Kier alpha value is -6.49. The number of nitrogens with one attached hydrogen (secondary N) is 2. The Labute approximate surface area is 379 Å². The number of unbranched alkanes of at least 4 members (excludes halogenated alkanes) is 3. The van der Waals surface area contributed by atoms with Crippen LogP contribution in [0.5, 0.6) is 0 Å². The van der Waals surface area contributed by atoms with Gasteiger partial charge in [0.05, 0.1) is 29.9 Å². The van der Waals surface area contributed by atoms with Gasteiger partial charge >= 0.3 is 0 Å². The van der Waals surface area contributed by atoms with E-state index in [1.807, 2.05) is 14.7 Å². The van der Waals surface area contributed by atoms with Crippen molar-refractivity contribution in [2.24, 2.45) is 0 Å². The highest BCUT2D eigenvalue weighted by Crippen LogP contribution is 2.31. The zero-order valence-corrected chi connectivity index (χ0v) is 36.6. The average molecular weight is 917 g/mol. The van der Waals surface area contributed by atoms with Crippen molar-refractivity contribution >= 4 is 59.0 Å². The van der Waals surface area contributed by atoms with E-state index in [4.69, 9.17) is 10.5 Å². The molecule has 5 aliphatic rings. The number of anilines is 4. The van der Waals surface area contributed by atoms with Gasteiger partial charge in [0.25, 0.3) is 18.2 Å². The number of amides is 6. The number of halogens is 2. The van der Waals surface area contributed by atoms with E-state index in [-0.39, 0.29) is 71.9 Å². The molecule has 66 heavy (non-hydrogen) atoms. The van der Waals surface area contributed by atoms with Gasteiger partial charge in [-0.15, -0.1) is 0 Å². The lowest BCUT2D eigenvalue weighted by atomic mass is 10.0. The number of benzene rings is 1. The number of alkyl halides is 2. The molecule has 1 aromatic carbocycles. The number of carbonyl (C=O) groups is 6. The Morgan fingerprint density at radius 3 is 2.08 bits per heavy atom. The SMILES string of the molecule is Nc1ncc(-c2nc(N3CCOCC3)nc(N3CCN(C(=O)CCC(=O)N4CCN(CCCCCCNc5ccc6c(c5)C(=O)N(C5CCC(=O)NC5=O)C6=O)CC4)CC3)n2)c(C(F)F)n1. The van der Waals surface area contributed by atoms with Crippen molar-refractivity contribution in [3.8, 4) is 11.4 Å². The van der Waals surface area contributed by atoms with E-state index in [0.717, 1.165) is 50.2 Å². The molecule has 0 aliphatic carbocycles. The van der Waals surface area contributed by atoms with Crippen molar-refractivity contribution in [1.29, 1.82) is 0 Å². The largest absolute Gasteiger partial charge is 0.385 e. The molecule has 7 heterocycles. The van der Waals surface area contributed by atoms with Crippen molar-refractivity contribution in [1.82, 2.24) is 49.8 Å². The molecule has 23 heteroatoms. The summed E-state index contributed by atoms with van der Waals surface area (Å²) in [5.41, 5.74) is 6.20. The molecule has 4 saturated heterocycles. The predicted octanol–water partition coefficient (Wildman–Crippen LogP) is 1.33. The van der Waals surface area contributed by atoms with Crippen LogP contribution in [-0.2, 0) is 23.9 Å². The van der Waals surface area contributed by atoms with Gasteiger partial charge < -0.3 is 35.4 Å². The number of fused-ring (bicyclic) bond motifs is 1. The number of aromatic nitrogens is 5. The standard InChI is InChI=1S/C43H54F2N14O7/c44-36(45)35-30(26-48-41(46)50-35)37-51-42(53-43(52-37)58-21-23-66-24-22-58)57-19-17-56(18-20-57)34(62)10-9-33(61)55-15-13-54(14-16-55)12-4-2-1-3-11-47-27-5-6-28-29(25-27)40(65)59(39(28)64)31-7-8-32(60)49-38(31)63/h5-6,25-26,31,36,47H,1-4,7-24H2,(H2,46,48,50)(H,49,60,63). The lowest BCUT2D eigenvalue weighted by Crippen LogP contribution is -2.54. The number of ether oxygens (including phenoxy) is 1. The first-order valence-electron chi connectivity index (χ1n) is 22.6. The van der Waals surface area contributed by atoms with E-state index < -0.39 is 41.8 Å². The van der Waals surface area contributed by atoms with E-state index in [1.54, 1.807) is 23.1 Å². The summed E-state index contributed by atoms with van der Waals surface area (Å²) < 4.78 is 33.5. The molecule has 21 nitrogen and oxygen atoms in total. The first kappa shape index (κ1) is 46.1. The second-order valence-electron chi connectivity index (χ2n) is 16.8. The van der Waals surface area contributed by atoms with Gasteiger partial charge in [-0.25, -0.2) is 18.7 Å². The summed E-state index contributed by atoms with van der Waals surface area (Å²) >= 11 is 0. The van der Waals surface area contributed by atoms with Gasteiger partial charge in [0.2, 0.25) is 41.5 Å². The van der Waals surface area contributed by atoms with Crippen molar-refractivity contribution in [3.63, 3.8) is 0 Å². The Balaban J connectivity index is 0.718. The Kier molecular flexibility index (Phi) is 14.5. The minimum Gasteiger partial charge on any atom is -0.385 e. The first-order valence-corrected chi connectivity index (χ1v) is 22.6. The molecule has 4 fully saturated rings. The Morgan fingerprint density at radius 2 is 1.41 bits per heavy atom. The number of rotatable bonds is 16. The molecule has 1 atom stereocenters. The number of imide groups is 2. The number of nitrogen functional groups attached to an aromatic ring is 1. The summed E-state index contributed by atoms with van der Waals surface area (Å²) in [7, 11) is 0. The number of piperidine rings is 1. The van der Waals surface area contributed by atoms with Crippen LogP contribution in [0.3, 0.4) is 0 Å². The molecule has 0 bridgehead atoms. The fourth-order valence-corrected chi connectivity index (χ4v) is 8.80. The summed E-state index contributed by atoms with van der Waals surface area (Å²) in [5.74, 6) is -1.95. The molecule has 6 amide bonds. The van der Waals surface area contributed by atoms with Gasteiger partial charge in [-0.1, -0.05) is 12.8 Å². The van der Waals surface area contributed by atoms with E-state index in [0.29, 0.717) is 83.8 Å². The van der Waals surface area contributed by atoms with Crippen LogP contribution in [0.1, 0.15) is 84.2 Å². The molecular weight excluding hydrogens is 863 g/mol. The summed E-state index contributed by atoms with van der Waals surface area (Å²) in [6, 6.07) is 3.99. The topological polar surface area (TPSA) is 246 Å². The minimum atomic E-state index is -2.93. The lowest BCUT2D eigenvalue weighted by molar-refractivity contribution is -0.138. The van der Waals surface area contributed by atoms with Crippen LogP contribution < -0.4 is 26.2 Å². The number of hydrogen-bond acceptors (Lipinski definition) is 17. The average Bonchev–Trinajstić information content (AvgIpc) is 3.57. The second kappa shape index (κ2) is 20.8. The van der Waals surface area contributed by atoms with Crippen LogP contribution >= 0.6 is 0 Å². The maximum absolute atomic E-state index is 14.0. The van der Waals surface area contributed by atoms with Gasteiger partial charge in [-0.05, 0) is 44.0 Å². The zero-order valence-electron chi connectivity index (χ0n) is 36.6. The summed E-state index contributed by atoms with van der Waals surface area (Å²) in [4.78, 5) is 108. The van der Waals surface area contributed by atoms with E-state index in [9.17, 15) is 37.5 Å². The number of morpholine rings is 1. The van der Waals surface area contributed by atoms with Crippen LogP contribution in [0.2, 0.25) is 0 Å². The fraction of sp³-hybridized carbons (Fsp3) is 0.558. The van der Waals surface area contributed by atoms with Crippen LogP contribution in [0.25, 0.3) is 11.4 Å². The van der Waals surface area contributed by atoms with Crippen LogP contribution in [-0.4, -0.2) is 178 Å². The van der Waals surface area contributed by atoms with Crippen molar-refractivity contribution in [3.05, 3.63) is 41.2 Å². The molecule has 0 saturated carbocycles. The zero-order chi connectivity index (χ0) is 46.3. The normalized spacial score (nSPS) is 19.4. The van der Waals surface area contributed by atoms with Crippen LogP contribution in [0, 0.1) is 0 Å². The van der Waals surface area contributed by atoms with Crippen molar-refractivity contribution in [2.45, 2.75) is 63.8 Å². The number of nitrogens with zero attached hydrogens (tertiary/aromatic N) is 11. The molecule has 5 aliphatic heterocycles. The third-order valence-corrected chi connectivity index (χ3v) is 12.6. The Bertz CT molecular complexity index is 2320. The number of piperazine rings is 2. The Morgan fingerprint density at radius 1 is 0.773 bits per heavy atom. The lowest BCUT2D eigenvalue weighted by Gasteiger charge is -2.36. The molecule has 352 valence electrons. The van der Waals surface area contributed by atoms with Crippen LogP contribution in [0.4, 0.5) is 32.3 Å². The number of carbonyl (C=O) groups excluding carboxylic acids is 6.